The topological polar surface area (TPSA) is 37.8 Å². The van der Waals surface area contributed by atoms with Gasteiger partial charge in [0.25, 0.3) is 0 Å². The summed E-state index contributed by atoms with van der Waals surface area (Å²) in [4.78, 5) is 7.75. The summed E-state index contributed by atoms with van der Waals surface area (Å²) in [6.45, 7) is 8.00. The molecular formula is C9H19N3. The SMILES string of the molecule is CC.CC.CNc1ncccn1. The van der Waals surface area contributed by atoms with E-state index in [1.807, 2.05) is 27.7 Å². The Kier molecular flexibility index (Phi) is 14.1. The van der Waals surface area contributed by atoms with Gasteiger partial charge in [-0.3, -0.25) is 0 Å². The first-order valence-electron chi connectivity index (χ1n) is 4.38. The third-order valence-electron chi connectivity index (χ3n) is 0.789. The second-order valence-corrected chi connectivity index (χ2v) is 1.32. The molecule has 0 radical (unpaired) electrons. The van der Waals surface area contributed by atoms with Crippen LogP contribution in [0.2, 0.25) is 0 Å². The highest BCUT2D eigenvalue weighted by molar-refractivity contribution is 5.19. The van der Waals surface area contributed by atoms with Gasteiger partial charge in [-0.05, 0) is 6.07 Å². The van der Waals surface area contributed by atoms with Crippen molar-refractivity contribution in [3.63, 3.8) is 0 Å². The van der Waals surface area contributed by atoms with Crippen molar-refractivity contribution in [3.8, 4) is 0 Å². The summed E-state index contributed by atoms with van der Waals surface area (Å²) in [7, 11) is 1.79. The van der Waals surface area contributed by atoms with Gasteiger partial charge in [-0.2, -0.15) is 0 Å². The van der Waals surface area contributed by atoms with E-state index in [-0.39, 0.29) is 0 Å². The average molecular weight is 169 g/mol. The number of aromatic nitrogens is 2. The van der Waals surface area contributed by atoms with Crippen molar-refractivity contribution in [1.82, 2.24) is 9.97 Å². The van der Waals surface area contributed by atoms with E-state index in [9.17, 15) is 0 Å². The Morgan fingerprint density at radius 3 is 1.67 bits per heavy atom. The lowest BCUT2D eigenvalue weighted by molar-refractivity contribution is 1.15. The first kappa shape index (κ1) is 13.5. The molecule has 1 rings (SSSR count). The van der Waals surface area contributed by atoms with Crippen LogP contribution in [0.5, 0.6) is 0 Å². The molecule has 3 heteroatoms. The first-order chi connectivity index (χ1) is 5.93. The molecule has 0 unspecified atom stereocenters. The zero-order chi connectivity index (χ0) is 9.82. The molecule has 1 aromatic rings. The van der Waals surface area contributed by atoms with Crippen LogP contribution in [0.15, 0.2) is 18.5 Å². The van der Waals surface area contributed by atoms with Crippen LogP contribution in [0.3, 0.4) is 0 Å². The molecule has 1 aromatic heterocycles. The minimum atomic E-state index is 0.660. The van der Waals surface area contributed by atoms with Crippen molar-refractivity contribution in [3.05, 3.63) is 18.5 Å². The van der Waals surface area contributed by atoms with Gasteiger partial charge in [0.15, 0.2) is 0 Å². The second-order valence-electron chi connectivity index (χ2n) is 1.32. The number of hydrogen-bond acceptors (Lipinski definition) is 3. The highest BCUT2D eigenvalue weighted by atomic mass is 15.1. The normalized spacial score (nSPS) is 6.75. The van der Waals surface area contributed by atoms with Crippen LogP contribution in [-0.4, -0.2) is 17.0 Å². The van der Waals surface area contributed by atoms with Crippen molar-refractivity contribution in [1.29, 1.82) is 0 Å². The van der Waals surface area contributed by atoms with Crippen LogP contribution in [0.25, 0.3) is 0 Å². The molecule has 0 spiro atoms. The lowest BCUT2D eigenvalue weighted by Gasteiger charge is -1.91. The molecule has 0 aliphatic carbocycles. The molecule has 12 heavy (non-hydrogen) atoms. The van der Waals surface area contributed by atoms with Crippen LogP contribution in [-0.2, 0) is 0 Å². The Morgan fingerprint density at radius 1 is 1.00 bits per heavy atom. The summed E-state index contributed by atoms with van der Waals surface area (Å²) in [5.41, 5.74) is 0. The van der Waals surface area contributed by atoms with Crippen molar-refractivity contribution >= 4 is 5.95 Å². The van der Waals surface area contributed by atoms with E-state index in [0.29, 0.717) is 5.95 Å². The highest BCUT2D eigenvalue weighted by Gasteiger charge is 1.81. The molecule has 1 N–H and O–H groups in total. The monoisotopic (exact) mass is 169 g/mol. The van der Waals surface area contributed by atoms with Crippen LogP contribution in [0, 0.1) is 0 Å². The zero-order valence-electron chi connectivity index (χ0n) is 8.63. The van der Waals surface area contributed by atoms with Crippen LogP contribution in [0.1, 0.15) is 27.7 Å². The number of hydrogen-bond donors (Lipinski definition) is 1. The molecule has 0 aliphatic heterocycles. The Morgan fingerprint density at radius 2 is 1.42 bits per heavy atom. The fourth-order valence-corrected chi connectivity index (χ4v) is 0.428. The maximum atomic E-state index is 3.88. The molecule has 1 heterocycles. The van der Waals surface area contributed by atoms with E-state index >= 15 is 0 Å². The van der Waals surface area contributed by atoms with Gasteiger partial charge >= 0.3 is 0 Å². The molecule has 0 bridgehead atoms. The van der Waals surface area contributed by atoms with Crippen LogP contribution >= 0.6 is 0 Å². The van der Waals surface area contributed by atoms with Gasteiger partial charge in [0.05, 0.1) is 0 Å². The van der Waals surface area contributed by atoms with Gasteiger partial charge in [-0.1, -0.05) is 27.7 Å². The number of rotatable bonds is 1. The van der Waals surface area contributed by atoms with E-state index in [0.717, 1.165) is 0 Å². The average Bonchev–Trinajstić information content (AvgIpc) is 2.25. The highest BCUT2D eigenvalue weighted by Crippen LogP contribution is 1.88. The summed E-state index contributed by atoms with van der Waals surface area (Å²) < 4.78 is 0. The fourth-order valence-electron chi connectivity index (χ4n) is 0.428. The summed E-state index contributed by atoms with van der Waals surface area (Å²) in [6.07, 6.45) is 3.39. The third kappa shape index (κ3) is 6.99. The molecule has 0 aromatic carbocycles. The maximum Gasteiger partial charge on any atom is 0.222 e. The van der Waals surface area contributed by atoms with Crippen molar-refractivity contribution in [2.24, 2.45) is 0 Å². The molecule has 0 atom stereocenters. The standard InChI is InChI=1S/C5H7N3.2C2H6/c1-6-5-7-3-2-4-8-5;2*1-2/h2-4H,1H3,(H,6,7,8);2*1-2H3. The largest absolute Gasteiger partial charge is 0.357 e. The Balaban J connectivity index is 0. The molecule has 0 saturated heterocycles. The summed E-state index contributed by atoms with van der Waals surface area (Å²) in [6, 6.07) is 1.78. The smallest absolute Gasteiger partial charge is 0.222 e. The summed E-state index contributed by atoms with van der Waals surface area (Å²) in [5.74, 6) is 0.660. The van der Waals surface area contributed by atoms with Gasteiger partial charge in [0.2, 0.25) is 5.95 Å². The molecule has 0 saturated carbocycles. The van der Waals surface area contributed by atoms with E-state index in [2.05, 4.69) is 15.3 Å². The van der Waals surface area contributed by atoms with Crippen LogP contribution < -0.4 is 5.32 Å². The lowest BCUT2D eigenvalue weighted by Crippen LogP contribution is -1.92. The first-order valence-corrected chi connectivity index (χ1v) is 4.38. The Labute approximate surface area is 75.3 Å². The number of nitrogens with one attached hydrogen (secondary N) is 1. The van der Waals surface area contributed by atoms with Gasteiger partial charge in [0.1, 0.15) is 0 Å². The van der Waals surface area contributed by atoms with Crippen molar-refractivity contribution < 1.29 is 0 Å². The molecule has 3 nitrogen and oxygen atoms in total. The number of nitrogens with zero attached hydrogens (tertiary/aromatic N) is 2. The predicted octanol–water partition coefficient (Wildman–Crippen LogP) is 2.57. The van der Waals surface area contributed by atoms with Crippen molar-refractivity contribution in [2.45, 2.75) is 27.7 Å². The van der Waals surface area contributed by atoms with E-state index < -0.39 is 0 Å². The fraction of sp³-hybridized carbons (Fsp3) is 0.556. The van der Waals surface area contributed by atoms with Gasteiger partial charge in [-0.25, -0.2) is 9.97 Å². The van der Waals surface area contributed by atoms with Gasteiger partial charge < -0.3 is 5.32 Å². The molecule has 0 aliphatic rings. The molecule has 0 amide bonds. The van der Waals surface area contributed by atoms with E-state index in [4.69, 9.17) is 0 Å². The quantitative estimate of drug-likeness (QED) is 0.702. The summed E-state index contributed by atoms with van der Waals surface area (Å²) >= 11 is 0. The second kappa shape index (κ2) is 12.5. The maximum absolute atomic E-state index is 3.88. The van der Waals surface area contributed by atoms with E-state index in [1.54, 1.807) is 25.5 Å². The molecule has 0 fully saturated rings. The van der Waals surface area contributed by atoms with Gasteiger partial charge in [-0.15, -0.1) is 0 Å². The minimum Gasteiger partial charge on any atom is -0.357 e. The number of anilines is 1. The van der Waals surface area contributed by atoms with E-state index in [1.165, 1.54) is 0 Å². The Hall–Kier alpha value is -1.12. The van der Waals surface area contributed by atoms with Crippen molar-refractivity contribution in [2.75, 3.05) is 12.4 Å². The third-order valence-corrected chi connectivity index (χ3v) is 0.789. The minimum absolute atomic E-state index is 0.660. The predicted molar refractivity (Wildman–Crippen MR) is 54.3 cm³/mol. The molecular weight excluding hydrogens is 150 g/mol. The molecule has 70 valence electrons. The lowest BCUT2D eigenvalue weighted by atomic mass is 10.7. The zero-order valence-corrected chi connectivity index (χ0v) is 8.63. The summed E-state index contributed by atoms with van der Waals surface area (Å²) in [5, 5.41) is 2.80. The Bertz CT molecular complexity index is 151. The van der Waals surface area contributed by atoms with Crippen LogP contribution in [0.4, 0.5) is 5.95 Å². The van der Waals surface area contributed by atoms with Gasteiger partial charge in [0, 0.05) is 19.4 Å².